The van der Waals surface area contributed by atoms with Crippen LogP contribution in [0.5, 0.6) is 0 Å². The van der Waals surface area contributed by atoms with Crippen LogP contribution in [0, 0.1) is 0 Å². The van der Waals surface area contributed by atoms with E-state index in [0.29, 0.717) is 11.5 Å². The molecular weight excluding hydrogens is 382 g/mol. The Balaban J connectivity index is 1.69. The molecule has 0 radical (unpaired) electrons. The summed E-state index contributed by atoms with van der Waals surface area (Å²) < 4.78 is 12.3. The van der Waals surface area contributed by atoms with Gasteiger partial charge in [-0.2, -0.15) is 0 Å². The topological polar surface area (TPSA) is 36.8 Å². The van der Waals surface area contributed by atoms with Crippen molar-refractivity contribution in [2.45, 2.75) is 0 Å². The second-order valence-electron chi connectivity index (χ2n) is 7.05. The first kappa shape index (κ1) is 18.8. The quantitative estimate of drug-likeness (QED) is 0.223. The minimum Gasteiger partial charge on any atom is -0.248 e. The highest BCUT2D eigenvalue weighted by atomic mass is 16.5. The monoisotopic (exact) mass is 402 g/mol. The standard InChI is InChI=1S/C28H20NO2/c1-5-13-21(14-6-1)25(22-15-7-2-8-16-22)29-28-30-26(23-17-9-3-10-18-23)27(31-28)24-19-11-4-12-20-24/h1-20H/q+1. The molecule has 0 aliphatic heterocycles. The van der Waals surface area contributed by atoms with Crippen LogP contribution in [0.3, 0.4) is 0 Å². The van der Waals surface area contributed by atoms with Crippen LogP contribution < -0.4 is 0 Å². The lowest BCUT2D eigenvalue weighted by Gasteiger charge is -2.04. The van der Waals surface area contributed by atoms with E-state index in [1.807, 2.05) is 121 Å². The van der Waals surface area contributed by atoms with E-state index in [4.69, 9.17) is 13.8 Å². The molecule has 1 aromatic heterocycles. The van der Waals surface area contributed by atoms with Gasteiger partial charge in [-0.1, -0.05) is 97.1 Å². The van der Waals surface area contributed by atoms with Crippen LogP contribution in [0.2, 0.25) is 0 Å². The molecule has 31 heavy (non-hydrogen) atoms. The predicted molar refractivity (Wildman–Crippen MR) is 124 cm³/mol. The molecule has 0 saturated carbocycles. The number of rotatable bonds is 5. The zero-order valence-electron chi connectivity index (χ0n) is 16.8. The summed E-state index contributed by atoms with van der Waals surface area (Å²) in [5.74, 6) is 1.32. The molecule has 0 spiro atoms. The maximum absolute atomic E-state index is 6.17. The maximum atomic E-state index is 6.17. The first-order valence-corrected chi connectivity index (χ1v) is 10.2. The lowest BCUT2D eigenvalue weighted by Crippen LogP contribution is -2.02. The Morgan fingerprint density at radius 1 is 0.548 bits per heavy atom. The van der Waals surface area contributed by atoms with Gasteiger partial charge in [0, 0.05) is 11.1 Å². The highest BCUT2D eigenvalue weighted by molar-refractivity contribution is 6.13. The molecule has 0 bridgehead atoms. The minimum absolute atomic E-state index is 0.209. The smallest absolute Gasteiger partial charge is 0.248 e. The van der Waals surface area contributed by atoms with E-state index in [2.05, 4.69) is 0 Å². The van der Waals surface area contributed by atoms with E-state index in [1.54, 1.807) is 0 Å². The second-order valence-corrected chi connectivity index (χ2v) is 7.05. The lowest BCUT2D eigenvalue weighted by atomic mass is 10.0. The van der Waals surface area contributed by atoms with Crippen LogP contribution in [0.1, 0.15) is 11.1 Å². The summed E-state index contributed by atoms with van der Waals surface area (Å²) in [5.41, 5.74) is 4.64. The SMILES string of the molecule is c1ccc(C(=Nc2oc(-c3ccccc3)c(-c3ccccc3)[o+]2)c2ccccc2)cc1. The van der Waals surface area contributed by atoms with Gasteiger partial charge in [-0.25, -0.2) is 8.83 Å². The van der Waals surface area contributed by atoms with E-state index in [0.717, 1.165) is 28.0 Å². The molecule has 1 heterocycles. The van der Waals surface area contributed by atoms with Gasteiger partial charge in [0.2, 0.25) is 0 Å². The molecule has 0 N–H and O–H groups in total. The molecule has 0 unspecified atom stereocenters. The number of nitrogens with zero attached hydrogens (tertiary/aromatic N) is 1. The molecule has 0 saturated heterocycles. The summed E-state index contributed by atoms with van der Waals surface area (Å²) in [5, 5.41) is 0. The van der Waals surface area contributed by atoms with Crippen LogP contribution >= 0.6 is 0 Å². The van der Waals surface area contributed by atoms with Crippen molar-refractivity contribution in [3.8, 4) is 22.6 Å². The Bertz CT molecular complexity index is 1190. The molecular formula is C28H20NO2+. The molecule has 4 aromatic carbocycles. The van der Waals surface area contributed by atoms with Crippen molar-refractivity contribution < 1.29 is 8.83 Å². The van der Waals surface area contributed by atoms with Crippen LogP contribution in [-0.4, -0.2) is 5.71 Å². The molecule has 0 aliphatic rings. The van der Waals surface area contributed by atoms with E-state index in [-0.39, 0.29) is 6.08 Å². The number of aliphatic imine (C=N–C) groups is 1. The molecule has 0 fully saturated rings. The summed E-state index contributed by atoms with van der Waals surface area (Å²) >= 11 is 0. The number of benzene rings is 4. The molecule has 3 heteroatoms. The Morgan fingerprint density at radius 3 is 1.52 bits per heavy atom. The van der Waals surface area contributed by atoms with Gasteiger partial charge in [-0.15, -0.1) is 4.99 Å². The molecule has 148 valence electrons. The third kappa shape index (κ3) is 4.07. The van der Waals surface area contributed by atoms with Crippen LogP contribution in [0.15, 0.2) is 135 Å². The third-order valence-corrected chi connectivity index (χ3v) is 4.95. The highest BCUT2D eigenvalue weighted by Gasteiger charge is 2.30. The van der Waals surface area contributed by atoms with Gasteiger partial charge in [0.05, 0.1) is 16.8 Å². The summed E-state index contributed by atoms with van der Waals surface area (Å²) in [4.78, 5) is 4.81. The van der Waals surface area contributed by atoms with Crippen LogP contribution in [0.25, 0.3) is 22.6 Å². The summed E-state index contributed by atoms with van der Waals surface area (Å²) in [6.45, 7) is 0. The van der Waals surface area contributed by atoms with Gasteiger partial charge in [0.15, 0.2) is 0 Å². The highest BCUT2D eigenvalue weighted by Crippen LogP contribution is 2.38. The van der Waals surface area contributed by atoms with Crippen molar-refractivity contribution in [3.63, 3.8) is 0 Å². The van der Waals surface area contributed by atoms with Crippen molar-refractivity contribution in [2.24, 2.45) is 4.99 Å². The summed E-state index contributed by atoms with van der Waals surface area (Å²) in [6.07, 6.45) is 0.209. The minimum atomic E-state index is 0.209. The van der Waals surface area contributed by atoms with Gasteiger partial charge >= 0.3 is 17.6 Å². The maximum Gasteiger partial charge on any atom is 0.644 e. The zero-order valence-corrected chi connectivity index (χ0v) is 16.8. The van der Waals surface area contributed by atoms with E-state index in [1.165, 1.54) is 0 Å². The Kier molecular flexibility index (Phi) is 5.23. The average Bonchev–Trinajstić information content (AvgIpc) is 3.29. The van der Waals surface area contributed by atoms with E-state index in [9.17, 15) is 0 Å². The zero-order chi connectivity index (χ0) is 20.9. The summed E-state index contributed by atoms with van der Waals surface area (Å²) in [7, 11) is 0. The second kappa shape index (κ2) is 8.64. The van der Waals surface area contributed by atoms with Crippen molar-refractivity contribution in [3.05, 3.63) is 132 Å². The molecule has 0 atom stereocenters. The van der Waals surface area contributed by atoms with Crippen molar-refractivity contribution >= 4 is 11.8 Å². The fraction of sp³-hybridized carbons (Fsp3) is 0. The Labute approximate surface area is 181 Å². The first-order valence-electron chi connectivity index (χ1n) is 10.2. The Hall–Kier alpha value is -4.24. The third-order valence-electron chi connectivity index (χ3n) is 4.95. The largest absolute Gasteiger partial charge is 0.644 e. The van der Waals surface area contributed by atoms with Gasteiger partial charge in [-0.05, 0) is 24.3 Å². The van der Waals surface area contributed by atoms with Gasteiger partial charge < -0.3 is 0 Å². The van der Waals surface area contributed by atoms with E-state index >= 15 is 0 Å². The van der Waals surface area contributed by atoms with Gasteiger partial charge in [-0.3, -0.25) is 0 Å². The first-order chi connectivity index (χ1) is 15.4. The number of hydrogen-bond acceptors (Lipinski definition) is 2. The Morgan fingerprint density at radius 2 is 1.00 bits per heavy atom. The van der Waals surface area contributed by atoms with Crippen molar-refractivity contribution in [2.75, 3.05) is 0 Å². The summed E-state index contributed by atoms with van der Waals surface area (Å²) in [6, 6.07) is 40.0. The van der Waals surface area contributed by atoms with Crippen LogP contribution in [0.4, 0.5) is 6.08 Å². The predicted octanol–water partition coefficient (Wildman–Crippen LogP) is 7.66. The molecule has 0 amide bonds. The molecule has 5 aromatic rings. The molecule has 5 rings (SSSR count). The van der Waals surface area contributed by atoms with Crippen molar-refractivity contribution in [1.82, 2.24) is 0 Å². The van der Waals surface area contributed by atoms with E-state index < -0.39 is 0 Å². The fourth-order valence-electron chi connectivity index (χ4n) is 3.47. The normalized spacial score (nSPS) is 10.6. The fourth-order valence-corrected chi connectivity index (χ4v) is 3.47. The molecule has 3 nitrogen and oxygen atoms in total. The van der Waals surface area contributed by atoms with Gasteiger partial charge in [0.1, 0.15) is 0 Å². The van der Waals surface area contributed by atoms with Gasteiger partial charge in [0.25, 0.3) is 0 Å². The van der Waals surface area contributed by atoms with Crippen LogP contribution in [-0.2, 0) is 0 Å². The average molecular weight is 402 g/mol. The molecule has 0 aliphatic carbocycles. The lowest BCUT2D eigenvalue weighted by molar-refractivity contribution is 0.473. The number of hydrogen-bond donors (Lipinski definition) is 0. The van der Waals surface area contributed by atoms with Crippen molar-refractivity contribution in [1.29, 1.82) is 0 Å².